The van der Waals surface area contributed by atoms with Crippen LogP contribution in [0.2, 0.25) is 0 Å². The quantitative estimate of drug-likeness (QED) is 0.403. The molecule has 0 saturated carbocycles. The number of benzene rings is 1. The number of hydrogen-bond donors (Lipinski definition) is 2. The molecule has 1 aromatic carbocycles. The lowest BCUT2D eigenvalue weighted by Crippen LogP contribution is -2.38. The standard InChI is InChI=1S/C17H23N3O2.HI/c1-3-18-17(20-13-16-5-4-12-22-16)19-11-10-14-6-8-15(21-2)9-7-14;/h4-9,12H,3,10-11,13H2,1-2H3,(H2,18,19,20);1H. The molecular weight excluding hydrogens is 405 g/mol. The van der Waals surface area contributed by atoms with Gasteiger partial charge in [-0.2, -0.15) is 0 Å². The predicted octanol–water partition coefficient (Wildman–Crippen LogP) is 3.20. The lowest BCUT2D eigenvalue weighted by Gasteiger charge is -2.11. The molecule has 0 amide bonds. The van der Waals surface area contributed by atoms with Crippen molar-refractivity contribution < 1.29 is 9.15 Å². The number of methoxy groups -OCH3 is 1. The van der Waals surface area contributed by atoms with E-state index < -0.39 is 0 Å². The molecular formula is C17H24IN3O2. The first kappa shape index (κ1) is 19.3. The number of halogens is 1. The number of hydrogen-bond acceptors (Lipinski definition) is 3. The summed E-state index contributed by atoms with van der Waals surface area (Å²) in [6, 6.07) is 11.9. The van der Waals surface area contributed by atoms with Crippen molar-refractivity contribution in [2.75, 3.05) is 20.2 Å². The van der Waals surface area contributed by atoms with Crippen LogP contribution < -0.4 is 15.4 Å². The van der Waals surface area contributed by atoms with E-state index in [0.29, 0.717) is 6.54 Å². The Balaban J connectivity index is 0.00000264. The highest BCUT2D eigenvalue weighted by Crippen LogP contribution is 2.11. The number of aliphatic imine (C=N–C) groups is 1. The highest BCUT2D eigenvalue weighted by Gasteiger charge is 2.00. The molecule has 5 nitrogen and oxygen atoms in total. The molecule has 0 radical (unpaired) electrons. The average molecular weight is 429 g/mol. The second-order valence-corrected chi connectivity index (χ2v) is 4.80. The zero-order valence-corrected chi connectivity index (χ0v) is 15.9. The number of ether oxygens (including phenoxy) is 1. The first-order chi connectivity index (χ1) is 10.8. The summed E-state index contributed by atoms with van der Waals surface area (Å²) in [5, 5.41) is 6.55. The van der Waals surface area contributed by atoms with E-state index in [1.54, 1.807) is 13.4 Å². The fourth-order valence-electron chi connectivity index (χ4n) is 2.02. The van der Waals surface area contributed by atoms with Crippen LogP contribution in [0.4, 0.5) is 0 Å². The number of nitrogens with one attached hydrogen (secondary N) is 2. The molecule has 0 aliphatic rings. The van der Waals surface area contributed by atoms with Gasteiger partial charge >= 0.3 is 0 Å². The molecule has 1 aromatic heterocycles. The molecule has 0 spiro atoms. The monoisotopic (exact) mass is 429 g/mol. The van der Waals surface area contributed by atoms with Crippen LogP contribution in [0.15, 0.2) is 52.1 Å². The number of furan rings is 1. The van der Waals surface area contributed by atoms with Crippen LogP contribution in [0, 0.1) is 0 Å². The Morgan fingerprint density at radius 2 is 1.96 bits per heavy atom. The van der Waals surface area contributed by atoms with Gasteiger partial charge in [-0.05, 0) is 43.2 Å². The van der Waals surface area contributed by atoms with Crippen molar-refractivity contribution >= 4 is 29.9 Å². The maximum absolute atomic E-state index is 5.28. The van der Waals surface area contributed by atoms with E-state index in [1.165, 1.54) is 5.56 Å². The molecule has 23 heavy (non-hydrogen) atoms. The van der Waals surface area contributed by atoms with E-state index in [2.05, 4.69) is 27.8 Å². The van der Waals surface area contributed by atoms with Crippen LogP contribution in [-0.4, -0.2) is 26.2 Å². The van der Waals surface area contributed by atoms with Crippen LogP contribution in [0.3, 0.4) is 0 Å². The summed E-state index contributed by atoms with van der Waals surface area (Å²) in [5.74, 6) is 2.53. The summed E-state index contributed by atoms with van der Waals surface area (Å²) in [7, 11) is 1.68. The Labute approximate surface area is 154 Å². The van der Waals surface area contributed by atoms with E-state index in [4.69, 9.17) is 9.15 Å². The number of nitrogens with zero attached hydrogens (tertiary/aromatic N) is 1. The summed E-state index contributed by atoms with van der Waals surface area (Å²) in [6.07, 6.45) is 2.59. The van der Waals surface area contributed by atoms with Crippen molar-refractivity contribution in [2.45, 2.75) is 19.9 Å². The maximum atomic E-state index is 5.28. The average Bonchev–Trinajstić information content (AvgIpc) is 3.06. The van der Waals surface area contributed by atoms with Crippen LogP contribution >= 0.6 is 24.0 Å². The Kier molecular flexibility index (Phi) is 9.20. The first-order valence-corrected chi connectivity index (χ1v) is 7.49. The minimum atomic E-state index is 0. The van der Waals surface area contributed by atoms with Crippen molar-refractivity contribution in [1.82, 2.24) is 10.6 Å². The predicted molar refractivity (Wildman–Crippen MR) is 104 cm³/mol. The number of rotatable bonds is 7. The van der Waals surface area contributed by atoms with Crippen molar-refractivity contribution in [2.24, 2.45) is 4.99 Å². The van der Waals surface area contributed by atoms with E-state index in [-0.39, 0.29) is 24.0 Å². The zero-order chi connectivity index (χ0) is 15.6. The second-order valence-electron chi connectivity index (χ2n) is 4.80. The largest absolute Gasteiger partial charge is 0.497 e. The van der Waals surface area contributed by atoms with Gasteiger partial charge in [-0.15, -0.1) is 24.0 Å². The SMILES string of the molecule is CCNC(=NCc1ccco1)NCCc1ccc(OC)cc1.I. The van der Waals surface area contributed by atoms with Gasteiger partial charge in [0.1, 0.15) is 18.1 Å². The maximum Gasteiger partial charge on any atom is 0.191 e. The molecule has 126 valence electrons. The molecule has 0 saturated heterocycles. The number of guanidine groups is 1. The fourth-order valence-corrected chi connectivity index (χ4v) is 2.02. The first-order valence-electron chi connectivity index (χ1n) is 7.49. The van der Waals surface area contributed by atoms with Gasteiger partial charge in [-0.3, -0.25) is 0 Å². The highest BCUT2D eigenvalue weighted by molar-refractivity contribution is 14.0. The van der Waals surface area contributed by atoms with E-state index >= 15 is 0 Å². The normalized spacial score (nSPS) is 10.8. The lowest BCUT2D eigenvalue weighted by molar-refractivity contribution is 0.414. The minimum Gasteiger partial charge on any atom is -0.497 e. The van der Waals surface area contributed by atoms with Gasteiger partial charge in [0.2, 0.25) is 0 Å². The third-order valence-electron chi connectivity index (χ3n) is 3.18. The van der Waals surface area contributed by atoms with Crippen LogP contribution in [0.25, 0.3) is 0 Å². The van der Waals surface area contributed by atoms with E-state index in [9.17, 15) is 0 Å². The van der Waals surface area contributed by atoms with Gasteiger partial charge in [-0.25, -0.2) is 4.99 Å². The van der Waals surface area contributed by atoms with Crippen LogP contribution in [0.5, 0.6) is 5.75 Å². The van der Waals surface area contributed by atoms with Crippen molar-refractivity contribution in [3.05, 3.63) is 54.0 Å². The molecule has 0 aliphatic carbocycles. The van der Waals surface area contributed by atoms with Crippen molar-refractivity contribution in [1.29, 1.82) is 0 Å². The topological polar surface area (TPSA) is 58.8 Å². The molecule has 6 heteroatoms. The summed E-state index contributed by atoms with van der Waals surface area (Å²) in [5.41, 5.74) is 1.26. The molecule has 0 bridgehead atoms. The third kappa shape index (κ3) is 6.94. The van der Waals surface area contributed by atoms with Crippen molar-refractivity contribution in [3.63, 3.8) is 0 Å². The molecule has 0 fully saturated rings. The minimum absolute atomic E-state index is 0. The van der Waals surface area contributed by atoms with Gasteiger partial charge < -0.3 is 19.8 Å². The fraction of sp³-hybridized carbons (Fsp3) is 0.353. The van der Waals surface area contributed by atoms with Gasteiger partial charge in [-0.1, -0.05) is 12.1 Å². The summed E-state index contributed by atoms with van der Waals surface area (Å²) < 4.78 is 10.4. The molecule has 0 unspecified atom stereocenters. The van der Waals surface area contributed by atoms with Crippen LogP contribution in [0.1, 0.15) is 18.2 Å². The lowest BCUT2D eigenvalue weighted by atomic mass is 10.1. The van der Waals surface area contributed by atoms with Gasteiger partial charge in [0.05, 0.1) is 13.4 Å². The van der Waals surface area contributed by atoms with E-state index in [1.807, 2.05) is 31.2 Å². The Bertz CT molecular complexity index is 568. The summed E-state index contributed by atoms with van der Waals surface area (Å²) >= 11 is 0. The second kappa shape index (κ2) is 10.9. The van der Waals surface area contributed by atoms with Gasteiger partial charge in [0.25, 0.3) is 0 Å². The van der Waals surface area contributed by atoms with Gasteiger partial charge in [0.15, 0.2) is 5.96 Å². The van der Waals surface area contributed by atoms with E-state index in [0.717, 1.165) is 37.0 Å². The molecule has 0 aliphatic heterocycles. The summed E-state index contributed by atoms with van der Waals surface area (Å²) in [4.78, 5) is 4.50. The van der Waals surface area contributed by atoms with Crippen molar-refractivity contribution in [3.8, 4) is 5.75 Å². The molecule has 2 N–H and O–H groups in total. The zero-order valence-electron chi connectivity index (χ0n) is 13.5. The van der Waals surface area contributed by atoms with Crippen LogP contribution in [-0.2, 0) is 13.0 Å². The molecule has 1 heterocycles. The highest BCUT2D eigenvalue weighted by atomic mass is 127. The Morgan fingerprint density at radius 1 is 1.17 bits per heavy atom. The Morgan fingerprint density at radius 3 is 2.57 bits per heavy atom. The third-order valence-corrected chi connectivity index (χ3v) is 3.18. The smallest absolute Gasteiger partial charge is 0.191 e. The Hall–Kier alpha value is -1.70. The molecule has 0 atom stereocenters. The van der Waals surface area contributed by atoms with Gasteiger partial charge in [0, 0.05) is 13.1 Å². The summed E-state index contributed by atoms with van der Waals surface area (Å²) in [6.45, 7) is 4.22. The molecule has 2 rings (SSSR count). The molecule has 2 aromatic rings.